The summed E-state index contributed by atoms with van der Waals surface area (Å²) in [6, 6.07) is 16.0. The molecule has 1 heterocycles. The molecule has 0 N–H and O–H groups in total. The zero-order chi connectivity index (χ0) is 12.8. The summed E-state index contributed by atoms with van der Waals surface area (Å²) in [4.78, 5) is 11.8. The predicted molar refractivity (Wildman–Crippen MR) is 72.6 cm³/mol. The molecule has 0 saturated carbocycles. The highest BCUT2D eigenvalue weighted by molar-refractivity contribution is 6.03. The van der Waals surface area contributed by atoms with Crippen molar-refractivity contribution in [2.24, 2.45) is 0 Å². The van der Waals surface area contributed by atoms with Gasteiger partial charge in [-0.15, -0.1) is 0 Å². The van der Waals surface area contributed by atoms with Gasteiger partial charge in [-0.05, 0) is 35.6 Å². The van der Waals surface area contributed by atoms with Crippen LogP contribution in [0.25, 0.3) is 5.76 Å². The monoisotopic (exact) mass is 248 g/mol. The maximum atomic E-state index is 11.8. The van der Waals surface area contributed by atoms with E-state index in [-0.39, 0.29) is 5.97 Å². The molecule has 0 atom stereocenters. The van der Waals surface area contributed by atoms with Gasteiger partial charge in [-0.2, -0.15) is 0 Å². The molecule has 2 aromatic rings. The molecule has 0 spiro atoms. The van der Waals surface area contributed by atoms with Gasteiger partial charge in [-0.3, -0.25) is 0 Å². The fraction of sp³-hybridized carbons (Fsp3) is 0.118. The second kappa shape index (κ2) is 3.82. The Bertz CT molecular complexity index is 699. The Balaban J connectivity index is 1.84. The van der Waals surface area contributed by atoms with Crippen LogP contribution < -0.4 is 0 Å². The Labute approximate surface area is 111 Å². The summed E-state index contributed by atoms with van der Waals surface area (Å²) in [5, 5.41) is 0. The molecule has 19 heavy (non-hydrogen) atoms. The Morgan fingerprint density at radius 1 is 0.789 bits per heavy atom. The molecular weight excluding hydrogens is 236 g/mol. The van der Waals surface area contributed by atoms with E-state index in [0.29, 0.717) is 5.56 Å². The molecule has 2 heteroatoms. The van der Waals surface area contributed by atoms with Crippen molar-refractivity contribution in [3.63, 3.8) is 0 Å². The van der Waals surface area contributed by atoms with E-state index in [1.165, 1.54) is 16.7 Å². The van der Waals surface area contributed by atoms with E-state index in [1.807, 2.05) is 24.3 Å². The van der Waals surface area contributed by atoms with Crippen molar-refractivity contribution in [2.45, 2.75) is 12.8 Å². The van der Waals surface area contributed by atoms with Gasteiger partial charge in [-0.1, -0.05) is 42.5 Å². The number of carbonyl (C=O) groups excluding carboxylic acids is 1. The van der Waals surface area contributed by atoms with Gasteiger partial charge in [0, 0.05) is 5.56 Å². The third-order valence-electron chi connectivity index (χ3n) is 3.83. The smallest absolute Gasteiger partial charge is 0.344 e. The fourth-order valence-corrected chi connectivity index (χ4v) is 2.91. The van der Waals surface area contributed by atoms with Crippen molar-refractivity contribution in [1.82, 2.24) is 0 Å². The molecule has 2 aromatic carbocycles. The minimum absolute atomic E-state index is 0.228. The van der Waals surface area contributed by atoms with E-state index in [4.69, 9.17) is 4.74 Å². The van der Waals surface area contributed by atoms with E-state index < -0.39 is 0 Å². The number of rotatable bonds is 0. The van der Waals surface area contributed by atoms with E-state index in [2.05, 4.69) is 24.3 Å². The lowest BCUT2D eigenvalue weighted by Gasteiger charge is -2.03. The molecule has 0 fully saturated rings. The lowest BCUT2D eigenvalue weighted by molar-refractivity contribution is 0.0714. The van der Waals surface area contributed by atoms with Gasteiger partial charge in [0.15, 0.2) is 0 Å². The van der Waals surface area contributed by atoms with Gasteiger partial charge in [0.2, 0.25) is 0 Å². The quantitative estimate of drug-likeness (QED) is 0.668. The first-order valence-electron chi connectivity index (χ1n) is 6.43. The number of carbonyl (C=O) groups is 1. The van der Waals surface area contributed by atoms with Crippen LogP contribution in [0, 0.1) is 0 Å². The van der Waals surface area contributed by atoms with Crippen LogP contribution in [0.3, 0.4) is 0 Å². The molecule has 0 amide bonds. The largest absolute Gasteiger partial charge is 0.422 e. The number of fused-ring (bicyclic) bond motifs is 2. The second-order valence-corrected chi connectivity index (χ2v) is 4.99. The number of hydrogen-bond donors (Lipinski definition) is 0. The number of ether oxygens (including phenoxy) is 1. The first-order valence-corrected chi connectivity index (χ1v) is 6.43. The Kier molecular flexibility index (Phi) is 2.12. The highest BCUT2D eigenvalue weighted by atomic mass is 16.5. The summed E-state index contributed by atoms with van der Waals surface area (Å²) in [7, 11) is 0. The van der Waals surface area contributed by atoms with Crippen molar-refractivity contribution < 1.29 is 9.53 Å². The van der Waals surface area contributed by atoms with E-state index in [9.17, 15) is 4.79 Å². The van der Waals surface area contributed by atoms with Crippen molar-refractivity contribution in [2.75, 3.05) is 0 Å². The molecule has 1 aliphatic carbocycles. The topological polar surface area (TPSA) is 26.3 Å². The average Bonchev–Trinajstić information content (AvgIpc) is 3.01. The minimum atomic E-state index is -0.228. The van der Waals surface area contributed by atoms with E-state index >= 15 is 0 Å². The first kappa shape index (κ1) is 10.6. The second-order valence-electron chi connectivity index (χ2n) is 4.99. The van der Waals surface area contributed by atoms with Gasteiger partial charge in [0.05, 0.1) is 5.56 Å². The highest BCUT2D eigenvalue weighted by Gasteiger charge is 2.30. The lowest BCUT2D eigenvalue weighted by atomic mass is 10.0. The molecule has 92 valence electrons. The van der Waals surface area contributed by atoms with Gasteiger partial charge in [0.25, 0.3) is 0 Å². The van der Waals surface area contributed by atoms with Crippen LogP contribution in [0.4, 0.5) is 0 Å². The summed E-state index contributed by atoms with van der Waals surface area (Å²) >= 11 is 0. The number of cyclic esters (lactones) is 1. The summed E-state index contributed by atoms with van der Waals surface area (Å²) < 4.78 is 5.49. The number of benzene rings is 2. The van der Waals surface area contributed by atoms with Gasteiger partial charge in [-0.25, -0.2) is 4.79 Å². The van der Waals surface area contributed by atoms with Crippen LogP contribution in [0.1, 0.15) is 27.0 Å². The Morgan fingerprint density at radius 2 is 1.37 bits per heavy atom. The third-order valence-corrected chi connectivity index (χ3v) is 3.83. The van der Waals surface area contributed by atoms with Crippen molar-refractivity contribution in [3.8, 4) is 0 Å². The van der Waals surface area contributed by atoms with E-state index in [1.54, 1.807) is 0 Å². The number of hydrogen-bond acceptors (Lipinski definition) is 2. The van der Waals surface area contributed by atoms with Crippen LogP contribution in [-0.2, 0) is 17.6 Å². The van der Waals surface area contributed by atoms with Crippen molar-refractivity contribution >= 4 is 11.7 Å². The van der Waals surface area contributed by atoms with Crippen LogP contribution in [0.15, 0.2) is 54.1 Å². The zero-order valence-corrected chi connectivity index (χ0v) is 10.3. The first-order chi connectivity index (χ1) is 9.33. The maximum absolute atomic E-state index is 11.8. The van der Waals surface area contributed by atoms with Gasteiger partial charge >= 0.3 is 5.97 Å². The van der Waals surface area contributed by atoms with Crippen LogP contribution in [0.5, 0.6) is 0 Å². The highest BCUT2D eigenvalue weighted by Crippen LogP contribution is 2.37. The molecule has 2 aliphatic rings. The molecule has 0 unspecified atom stereocenters. The van der Waals surface area contributed by atoms with Crippen molar-refractivity contribution in [1.29, 1.82) is 0 Å². The molecule has 0 bridgehead atoms. The summed E-state index contributed by atoms with van der Waals surface area (Å²) in [5.74, 6) is 0.547. The molecule has 4 rings (SSSR count). The summed E-state index contributed by atoms with van der Waals surface area (Å²) in [6.45, 7) is 0. The number of allylic oxidation sites excluding steroid dienone is 1. The Hall–Kier alpha value is -2.35. The lowest BCUT2D eigenvalue weighted by Crippen LogP contribution is -1.94. The third kappa shape index (κ3) is 1.53. The summed E-state index contributed by atoms with van der Waals surface area (Å²) in [5.41, 5.74) is 5.51. The Morgan fingerprint density at radius 3 is 2.05 bits per heavy atom. The van der Waals surface area contributed by atoms with Gasteiger partial charge < -0.3 is 4.74 Å². The molecule has 0 radical (unpaired) electrons. The molecular formula is C17H12O2. The van der Waals surface area contributed by atoms with E-state index in [0.717, 1.165) is 24.2 Å². The van der Waals surface area contributed by atoms with Crippen LogP contribution in [-0.4, -0.2) is 5.97 Å². The average molecular weight is 248 g/mol. The normalized spacial score (nSPS) is 16.3. The SMILES string of the molecule is O=C1OC(=C2Cc3ccccc3C2)c2ccccc21. The number of esters is 1. The van der Waals surface area contributed by atoms with Gasteiger partial charge in [0.1, 0.15) is 5.76 Å². The zero-order valence-electron chi connectivity index (χ0n) is 10.3. The maximum Gasteiger partial charge on any atom is 0.344 e. The molecule has 0 aromatic heterocycles. The molecule has 1 aliphatic heterocycles. The summed E-state index contributed by atoms with van der Waals surface area (Å²) in [6.07, 6.45) is 1.76. The minimum Gasteiger partial charge on any atom is -0.422 e. The standard InChI is InChI=1S/C17H12O2/c18-17-15-8-4-3-7-14(15)16(19-17)13-9-11-5-1-2-6-12(11)10-13/h1-8H,9-10H2. The van der Waals surface area contributed by atoms with Crippen molar-refractivity contribution in [3.05, 3.63) is 76.4 Å². The molecule has 0 saturated heterocycles. The van der Waals surface area contributed by atoms with Crippen LogP contribution in [0.2, 0.25) is 0 Å². The fourth-order valence-electron chi connectivity index (χ4n) is 2.91. The molecule has 2 nitrogen and oxygen atoms in total. The predicted octanol–water partition coefficient (Wildman–Crippen LogP) is 3.37. The van der Waals surface area contributed by atoms with Crippen LogP contribution >= 0.6 is 0 Å².